The van der Waals surface area contributed by atoms with E-state index in [1.807, 2.05) is 27.7 Å². The fourth-order valence-corrected chi connectivity index (χ4v) is 4.01. The third-order valence-corrected chi connectivity index (χ3v) is 6.14. The van der Waals surface area contributed by atoms with E-state index >= 15 is 0 Å². The number of ether oxygens (including phenoxy) is 1. The highest BCUT2D eigenvalue weighted by molar-refractivity contribution is 6.13. The van der Waals surface area contributed by atoms with E-state index in [0.29, 0.717) is 31.0 Å². The van der Waals surface area contributed by atoms with Crippen LogP contribution in [0.25, 0.3) is 10.9 Å². The maximum Gasteiger partial charge on any atom is 0.410 e. The minimum Gasteiger partial charge on any atom is -0.444 e. The molecule has 1 aliphatic rings. The number of halogens is 1. The van der Waals surface area contributed by atoms with Crippen LogP contribution in [0.4, 0.5) is 9.18 Å². The van der Waals surface area contributed by atoms with Gasteiger partial charge in [-0.05, 0) is 44.9 Å². The number of fused-ring (bicyclic) bond motifs is 1. The lowest BCUT2D eigenvalue weighted by Gasteiger charge is -2.30. The van der Waals surface area contributed by atoms with Crippen molar-refractivity contribution in [2.75, 3.05) is 19.6 Å². The van der Waals surface area contributed by atoms with Crippen molar-refractivity contribution in [2.24, 2.45) is 5.92 Å². The van der Waals surface area contributed by atoms with Gasteiger partial charge < -0.3 is 19.5 Å². The predicted molar refractivity (Wildman–Crippen MR) is 119 cm³/mol. The van der Waals surface area contributed by atoms with Crippen molar-refractivity contribution >= 4 is 33.1 Å². The molecular weight excluding hydrogens is 431 g/mol. The van der Waals surface area contributed by atoms with Gasteiger partial charge >= 0.3 is 6.09 Å². The van der Waals surface area contributed by atoms with E-state index in [1.165, 1.54) is 12.1 Å². The van der Waals surface area contributed by atoms with E-state index in [4.69, 9.17) is 4.74 Å². The summed E-state index contributed by atoms with van der Waals surface area (Å²) in [5.41, 5.74) is -0.898. The number of carbonyl (C=O) groups excluding carboxylic acids is 2. The first-order valence-corrected chi connectivity index (χ1v) is 11.2. The first-order valence-electron chi connectivity index (χ1n) is 10.6. The van der Waals surface area contributed by atoms with E-state index in [2.05, 4.69) is 20.2 Å². The summed E-state index contributed by atoms with van der Waals surface area (Å²) in [5.74, 6) is -0.276. The van der Waals surface area contributed by atoms with E-state index < -0.39 is 23.1 Å². The zero-order valence-corrected chi connectivity index (χ0v) is 19.8. The van der Waals surface area contributed by atoms with Crippen LogP contribution in [-0.2, 0) is 16.0 Å². The summed E-state index contributed by atoms with van der Waals surface area (Å²) < 4.78 is 18.8. The largest absolute Gasteiger partial charge is 0.444 e. The van der Waals surface area contributed by atoms with Gasteiger partial charge in [-0.25, -0.2) is 14.2 Å². The SMILES string of the molecule is C[C@H]1CN(C(=O)OC(C)(C)C)CCN(C(=O)CCc2nc3ccc(F)cc3c(=O)[nH]2)C1[Si]. The lowest BCUT2D eigenvalue weighted by Crippen LogP contribution is -2.44. The molecule has 0 spiro atoms. The summed E-state index contributed by atoms with van der Waals surface area (Å²) in [5, 5.41) is 0.170. The van der Waals surface area contributed by atoms with Crippen LogP contribution in [0.2, 0.25) is 0 Å². The molecule has 1 unspecified atom stereocenters. The van der Waals surface area contributed by atoms with Gasteiger partial charge in [-0.1, -0.05) is 6.92 Å². The summed E-state index contributed by atoms with van der Waals surface area (Å²) in [6.45, 7) is 8.59. The molecule has 1 saturated heterocycles. The van der Waals surface area contributed by atoms with Gasteiger partial charge in [0, 0.05) is 38.1 Å². The van der Waals surface area contributed by atoms with Crippen LogP contribution < -0.4 is 5.56 Å². The number of hydrogen-bond donors (Lipinski definition) is 1. The van der Waals surface area contributed by atoms with Crippen LogP contribution in [-0.4, -0.2) is 72.9 Å². The Labute approximate surface area is 189 Å². The van der Waals surface area contributed by atoms with Crippen molar-refractivity contribution < 1.29 is 18.7 Å². The molecule has 8 nitrogen and oxygen atoms in total. The van der Waals surface area contributed by atoms with Crippen molar-refractivity contribution in [3.63, 3.8) is 0 Å². The van der Waals surface area contributed by atoms with Crippen molar-refractivity contribution in [1.82, 2.24) is 19.8 Å². The van der Waals surface area contributed by atoms with E-state index in [0.717, 1.165) is 6.07 Å². The summed E-state index contributed by atoms with van der Waals surface area (Å²) >= 11 is 0. The maximum absolute atomic E-state index is 13.4. The number of hydrogen-bond acceptors (Lipinski definition) is 5. The molecule has 3 radical (unpaired) electrons. The minimum atomic E-state index is -0.592. The van der Waals surface area contributed by atoms with Crippen LogP contribution in [0.15, 0.2) is 23.0 Å². The van der Waals surface area contributed by atoms with Gasteiger partial charge in [0.2, 0.25) is 5.91 Å². The summed E-state index contributed by atoms with van der Waals surface area (Å²) in [6, 6.07) is 3.83. The number of nitrogens with zero attached hydrogens (tertiary/aromatic N) is 3. The summed E-state index contributed by atoms with van der Waals surface area (Å²) in [4.78, 5) is 48.0. The Morgan fingerprint density at radius 3 is 2.72 bits per heavy atom. The molecule has 1 aliphatic heterocycles. The second kappa shape index (κ2) is 9.39. The first kappa shape index (κ1) is 23.9. The third-order valence-electron chi connectivity index (χ3n) is 5.26. The normalized spacial score (nSPS) is 19.7. The van der Waals surface area contributed by atoms with E-state index in [-0.39, 0.29) is 35.7 Å². The van der Waals surface area contributed by atoms with Gasteiger partial charge in [0.05, 0.1) is 21.1 Å². The molecule has 0 saturated carbocycles. The van der Waals surface area contributed by atoms with Gasteiger partial charge in [0.25, 0.3) is 5.56 Å². The second-order valence-corrected chi connectivity index (χ2v) is 9.70. The minimum absolute atomic E-state index is 0.0147. The van der Waals surface area contributed by atoms with Crippen LogP contribution in [0, 0.1) is 11.7 Å². The number of aromatic amines is 1. The monoisotopic (exact) mass is 459 g/mol. The smallest absolute Gasteiger partial charge is 0.410 e. The molecule has 1 N–H and O–H groups in total. The zero-order valence-electron chi connectivity index (χ0n) is 18.8. The number of carbonyl (C=O) groups is 2. The number of H-pyrrole nitrogens is 1. The Balaban J connectivity index is 1.67. The lowest BCUT2D eigenvalue weighted by atomic mass is 10.1. The topological polar surface area (TPSA) is 95.6 Å². The molecule has 0 aliphatic carbocycles. The van der Waals surface area contributed by atoms with Gasteiger partial charge in [-0.2, -0.15) is 0 Å². The van der Waals surface area contributed by atoms with Crippen LogP contribution in [0.3, 0.4) is 0 Å². The van der Waals surface area contributed by atoms with Gasteiger partial charge in [-0.3, -0.25) is 9.59 Å². The van der Waals surface area contributed by atoms with Crippen LogP contribution >= 0.6 is 0 Å². The molecule has 1 aromatic carbocycles. The Kier molecular flexibility index (Phi) is 7.02. The highest BCUT2D eigenvalue weighted by Crippen LogP contribution is 2.19. The number of rotatable bonds is 3. The molecule has 3 rings (SSSR count). The lowest BCUT2D eigenvalue weighted by molar-refractivity contribution is -0.132. The van der Waals surface area contributed by atoms with Crippen molar-refractivity contribution in [1.29, 1.82) is 0 Å². The van der Waals surface area contributed by atoms with E-state index in [9.17, 15) is 18.8 Å². The molecular formula is C22H28FN4O4Si. The fraction of sp³-hybridized carbons (Fsp3) is 0.545. The number of aryl methyl sites for hydroxylation is 1. The van der Waals surface area contributed by atoms with Crippen molar-refractivity contribution in [3.8, 4) is 0 Å². The second-order valence-electron chi connectivity index (χ2n) is 9.11. The van der Waals surface area contributed by atoms with Gasteiger partial charge in [0.1, 0.15) is 17.2 Å². The average molecular weight is 460 g/mol. The molecule has 1 fully saturated rings. The number of amides is 2. The van der Waals surface area contributed by atoms with Crippen LogP contribution in [0.5, 0.6) is 0 Å². The van der Waals surface area contributed by atoms with Crippen molar-refractivity contribution in [2.45, 2.75) is 51.8 Å². The maximum atomic E-state index is 13.4. The number of aromatic nitrogens is 2. The Morgan fingerprint density at radius 1 is 1.31 bits per heavy atom. The molecule has 1 aromatic heterocycles. The standard InChI is InChI=1S/C22H28FN4O4Si/c1-13-12-26(21(30)31-22(2,3)4)9-10-27(20(13)32)18(28)8-7-17-24-16-6-5-14(23)11-15(16)19(29)25-17/h5-6,11,13,20H,7-10,12H2,1-4H3,(H,24,25,29)/t13-,20?/m0/s1. The van der Waals surface area contributed by atoms with Gasteiger partial charge in [-0.15, -0.1) is 0 Å². The van der Waals surface area contributed by atoms with Gasteiger partial charge in [0.15, 0.2) is 0 Å². The number of nitrogens with one attached hydrogen (secondary N) is 1. The Morgan fingerprint density at radius 2 is 2.03 bits per heavy atom. The first-order chi connectivity index (χ1) is 14.9. The average Bonchev–Trinajstić information content (AvgIpc) is 2.84. The predicted octanol–water partition coefficient (Wildman–Crippen LogP) is 2.20. The quantitative estimate of drug-likeness (QED) is 0.710. The molecule has 2 atom stereocenters. The molecule has 32 heavy (non-hydrogen) atoms. The highest BCUT2D eigenvalue weighted by Gasteiger charge is 2.33. The molecule has 0 bridgehead atoms. The number of benzene rings is 1. The zero-order chi connectivity index (χ0) is 23.6. The molecule has 171 valence electrons. The van der Waals surface area contributed by atoms with Crippen molar-refractivity contribution in [3.05, 3.63) is 40.2 Å². The third kappa shape index (κ3) is 5.73. The summed E-state index contributed by atoms with van der Waals surface area (Å²) in [7, 11) is 3.66. The van der Waals surface area contributed by atoms with Crippen LogP contribution in [0.1, 0.15) is 39.9 Å². The van der Waals surface area contributed by atoms with E-state index in [1.54, 1.807) is 9.80 Å². The molecule has 2 amide bonds. The molecule has 2 heterocycles. The Bertz CT molecular complexity index is 1070. The summed E-state index contributed by atoms with van der Waals surface area (Å²) in [6.07, 6.45) is -0.0246. The fourth-order valence-electron chi connectivity index (χ4n) is 3.63. The molecule has 2 aromatic rings. The highest BCUT2D eigenvalue weighted by atomic mass is 28.1. The molecule has 10 heteroatoms. The Hall–Kier alpha value is -2.75.